The molecule has 3 N–H and O–H groups in total. The smallest absolute Gasteiger partial charge is 0.226 e. The summed E-state index contributed by atoms with van der Waals surface area (Å²) in [6.07, 6.45) is 1.51. The third kappa shape index (κ3) is 3.29. The lowest BCUT2D eigenvalue weighted by Gasteiger charge is -2.03. The Morgan fingerprint density at radius 1 is 1.47 bits per heavy atom. The molecule has 6 heteroatoms. The molecular weight excluding hydrogens is 249 g/mol. The third-order valence-corrected chi connectivity index (χ3v) is 2.93. The van der Waals surface area contributed by atoms with E-state index in [-0.39, 0.29) is 0 Å². The summed E-state index contributed by atoms with van der Waals surface area (Å²) in [6.45, 7) is 2.66. The van der Waals surface area contributed by atoms with Crippen molar-refractivity contribution in [3.8, 4) is 17.1 Å². The van der Waals surface area contributed by atoms with Crippen LogP contribution in [0.2, 0.25) is 0 Å². The van der Waals surface area contributed by atoms with Crippen LogP contribution in [0.4, 0.5) is 4.39 Å². The standard InChI is InChI=1S/C13H16FN3O2/c1-8(7-15)2-5-12-16-13(17-19-12)9-3-4-11(18)10(14)6-9/h3-4,6,8,18H,2,5,7,15H2,1H3. The third-order valence-electron chi connectivity index (χ3n) is 2.93. The Bertz CT molecular complexity index is 557. The minimum absolute atomic E-state index is 0.314. The molecule has 0 saturated heterocycles. The van der Waals surface area contributed by atoms with Crippen molar-refractivity contribution in [3.05, 3.63) is 29.9 Å². The zero-order valence-corrected chi connectivity index (χ0v) is 10.6. The Labute approximate surface area is 110 Å². The van der Waals surface area contributed by atoms with E-state index in [4.69, 9.17) is 15.4 Å². The highest BCUT2D eigenvalue weighted by Gasteiger charge is 2.11. The molecule has 0 aliphatic rings. The van der Waals surface area contributed by atoms with Crippen LogP contribution in [0.15, 0.2) is 22.7 Å². The summed E-state index contributed by atoms with van der Waals surface area (Å²) < 4.78 is 18.3. The summed E-state index contributed by atoms with van der Waals surface area (Å²) in [5.41, 5.74) is 6.00. The molecule has 102 valence electrons. The van der Waals surface area contributed by atoms with Crippen molar-refractivity contribution in [1.82, 2.24) is 10.1 Å². The van der Waals surface area contributed by atoms with Gasteiger partial charge in [0.1, 0.15) is 0 Å². The van der Waals surface area contributed by atoms with Crippen LogP contribution in [0.1, 0.15) is 19.2 Å². The van der Waals surface area contributed by atoms with Crippen molar-refractivity contribution in [2.75, 3.05) is 6.54 Å². The molecule has 2 rings (SSSR count). The predicted octanol–water partition coefficient (Wildman–Crippen LogP) is 2.11. The maximum Gasteiger partial charge on any atom is 0.226 e. The minimum Gasteiger partial charge on any atom is -0.505 e. The molecule has 1 heterocycles. The van der Waals surface area contributed by atoms with Gasteiger partial charge in [0.2, 0.25) is 11.7 Å². The highest BCUT2D eigenvalue weighted by atomic mass is 19.1. The first-order valence-electron chi connectivity index (χ1n) is 6.11. The Morgan fingerprint density at radius 3 is 2.95 bits per heavy atom. The number of phenolic OH excluding ortho intramolecular Hbond substituents is 1. The molecule has 0 bridgehead atoms. The number of nitrogens with two attached hydrogens (primary N) is 1. The topological polar surface area (TPSA) is 85.2 Å². The second-order valence-electron chi connectivity index (χ2n) is 4.56. The van der Waals surface area contributed by atoms with Gasteiger partial charge >= 0.3 is 0 Å². The van der Waals surface area contributed by atoms with Gasteiger partial charge in [0.05, 0.1) is 0 Å². The molecule has 0 aliphatic carbocycles. The molecule has 0 aliphatic heterocycles. The number of halogens is 1. The van der Waals surface area contributed by atoms with E-state index in [1.807, 2.05) is 6.92 Å². The first-order chi connectivity index (χ1) is 9.10. The van der Waals surface area contributed by atoms with Crippen LogP contribution in [-0.4, -0.2) is 21.8 Å². The molecule has 0 fully saturated rings. The van der Waals surface area contributed by atoms with Crippen LogP contribution in [0.5, 0.6) is 5.75 Å². The van der Waals surface area contributed by atoms with Crippen molar-refractivity contribution >= 4 is 0 Å². The van der Waals surface area contributed by atoms with E-state index < -0.39 is 11.6 Å². The molecule has 0 spiro atoms. The van der Waals surface area contributed by atoms with Crippen molar-refractivity contribution in [2.45, 2.75) is 19.8 Å². The van der Waals surface area contributed by atoms with Crippen LogP contribution in [-0.2, 0) is 6.42 Å². The van der Waals surface area contributed by atoms with E-state index in [9.17, 15) is 4.39 Å². The zero-order chi connectivity index (χ0) is 13.8. The lowest BCUT2D eigenvalue weighted by molar-refractivity contribution is 0.366. The van der Waals surface area contributed by atoms with Gasteiger partial charge in [0.15, 0.2) is 11.6 Å². The molecule has 0 radical (unpaired) electrons. The summed E-state index contributed by atoms with van der Waals surface area (Å²) in [6, 6.07) is 3.97. The zero-order valence-electron chi connectivity index (χ0n) is 10.6. The van der Waals surface area contributed by atoms with Gasteiger partial charge in [-0.2, -0.15) is 4.98 Å². The SMILES string of the molecule is CC(CN)CCc1nc(-c2ccc(O)c(F)c2)no1. The first kappa shape index (κ1) is 13.5. The van der Waals surface area contributed by atoms with Gasteiger partial charge < -0.3 is 15.4 Å². The van der Waals surface area contributed by atoms with Gasteiger partial charge in [-0.3, -0.25) is 0 Å². The summed E-state index contributed by atoms with van der Waals surface area (Å²) in [7, 11) is 0. The largest absolute Gasteiger partial charge is 0.505 e. The summed E-state index contributed by atoms with van der Waals surface area (Å²) in [5, 5.41) is 12.9. The maximum absolute atomic E-state index is 13.2. The minimum atomic E-state index is -0.708. The number of rotatable bonds is 5. The van der Waals surface area contributed by atoms with E-state index in [1.54, 1.807) is 0 Å². The lowest BCUT2D eigenvalue weighted by Crippen LogP contribution is -2.11. The van der Waals surface area contributed by atoms with Crippen LogP contribution in [0.25, 0.3) is 11.4 Å². The Kier molecular flexibility index (Phi) is 4.11. The molecule has 1 aromatic carbocycles. The molecule has 0 saturated carbocycles. The summed E-state index contributed by atoms with van der Waals surface area (Å²) >= 11 is 0. The van der Waals surface area contributed by atoms with Gasteiger partial charge in [-0.25, -0.2) is 4.39 Å². The van der Waals surface area contributed by atoms with E-state index >= 15 is 0 Å². The number of phenols is 1. The van der Waals surface area contributed by atoms with Gasteiger partial charge in [-0.1, -0.05) is 12.1 Å². The quantitative estimate of drug-likeness (QED) is 0.864. The molecule has 1 aromatic heterocycles. The van der Waals surface area contributed by atoms with Crippen LogP contribution in [0, 0.1) is 11.7 Å². The number of aromatic hydroxyl groups is 1. The number of aromatic nitrogens is 2. The second-order valence-corrected chi connectivity index (χ2v) is 4.56. The first-order valence-corrected chi connectivity index (χ1v) is 6.11. The van der Waals surface area contributed by atoms with Gasteiger partial charge in [-0.15, -0.1) is 0 Å². The van der Waals surface area contributed by atoms with E-state index in [0.29, 0.717) is 36.2 Å². The summed E-state index contributed by atoms with van der Waals surface area (Å²) in [4.78, 5) is 4.19. The van der Waals surface area contributed by atoms with Crippen molar-refractivity contribution in [1.29, 1.82) is 0 Å². The molecule has 2 aromatic rings. The fraction of sp³-hybridized carbons (Fsp3) is 0.385. The second kappa shape index (κ2) is 5.79. The van der Waals surface area contributed by atoms with Crippen LogP contribution >= 0.6 is 0 Å². The summed E-state index contributed by atoms with van der Waals surface area (Å²) in [5.74, 6) is 0.101. The van der Waals surface area contributed by atoms with Crippen LogP contribution < -0.4 is 5.73 Å². The fourth-order valence-electron chi connectivity index (χ4n) is 1.61. The van der Waals surface area contributed by atoms with Crippen LogP contribution in [0.3, 0.4) is 0 Å². The van der Waals surface area contributed by atoms with Gasteiger partial charge in [0, 0.05) is 12.0 Å². The monoisotopic (exact) mass is 265 g/mol. The van der Waals surface area contributed by atoms with Crippen molar-refractivity contribution in [2.24, 2.45) is 11.7 Å². The molecule has 19 heavy (non-hydrogen) atoms. The average molecular weight is 265 g/mol. The lowest BCUT2D eigenvalue weighted by atomic mass is 10.1. The van der Waals surface area contributed by atoms with E-state index in [0.717, 1.165) is 6.42 Å². The van der Waals surface area contributed by atoms with E-state index in [2.05, 4.69) is 10.1 Å². The number of aryl methyl sites for hydroxylation is 1. The number of hydrogen-bond donors (Lipinski definition) is 2. The highest BCUT2D eigenvalue weighted by Crippen LogP contribution is 2.23. The van der Waals surface area contributed by atoms with Crippen molar-refractivity contribution < 1.29 is 14.0 Å². The number of benzene rings is 1. The molecule has 0 amide bonds. The molecule has 1 atom stereocenters. The predicted molar refractivity (Wildman–Crippen MR) is 67.9 cm³/mol. The maximum atomic E-state index is 13.2. The Balaban J connectivity index is 2.09. The molecular formula is C13H16FN3O2. The van der Waals surface area contributed by atoms with E-state index in [1.165, 1.54) is 18.2 Å². The average Bonchev–Trinajstić information content (AvgIpc) is 2.88. The molecule has 1 unspecified atom stereocenters. The Hall–Kier alpha value is -1.95. The highest BCUT2D eigenvalue weighted by molar-refractivity contribution is 5.55. The Morgan fingerprint density at radius 2 is 2.26 bits per heavy atom. The number of hydrogen-bond acceptors (Lipinski definition) is 5. The number of nitrogens with zero attached hydrogens (tertiary/aromatic N) is 2. The normalized spacial score (nSPS) is 12.6. The fourth-order valence-corrected chi connectivity index (χ4v) is 1.61. The van der Waals surface area contributed by atoms with Gasteiger partial charge in [-0.05, 0) is 37.1 Å². The molecule has 5 nitrogen and oxygen atoms in total. The van der Waals surface area contributed by atoms with Gasteiger partial charge in [0.25, 0.3) is 0 Å². The van der Waals surface area contributed by atoms with Crippen molar-refractivity contribution in [3.63, 3.8) is 0 Å².